The van der Waals surface area contributed by atoms with E-state index < -0.39 is 12.1 Å². The zero-order valence-corrected chi connectivity index (χ0v) is 13.7. The van der Waals surface area contributed by atoms with Crippen LogP contribution < -0.4 is 4.74 Å². The highest BCUT2D eigenvalue weighted by atomic mass is 19.4. The number of halogens is 3. The third kappa shape index (κ3) is 3.66. The molecule has 0 aliphatic rings. The van der Waals surface area contributed by atoms with Gasteiger partial charge in [-0.05, 0) is 30.3 Å². The molecule has 4 rings (SSSR count). The van der Waals surface area contributed by atoms with Crippen molar-refractivity contribution >= 4 is 22.8 Å². The molecule has 3 aromatic heterocycles. The van der Waals surface area contributed by atoms with Gasteiger partial charge in [0.25, 0.3) is 0 Å². The number of alkyl halides is 3. The van der Waals surface area contributed by atoms with Crippen LogP contribution in [0.2, 0.25) is 0 Å². The minimum Gasteiger partial charge on any atom is -0.497 e. The molecule has 0 spiro atoms. The number of hydrogen-bond acceptors (Lipinski definition) is 5. The van der Waals surface area contributed by atoms with Crippen LogP contribution in [0.5, 0.6) is 5.75 Å². The predicted octanol–water partition coefficient (Wildman–Crippen LogP) is 2.91. The Bertz CT molecular complexity index is 1090. The van der Waals surface area contributed by atoms with Gasteiger partial charge in [0.2, 0.25) is 0 Å². The maximum Gasteiger partial charge on any atom is 0.490 e. The van der Waals surface area contributed by atoms with Crippen LogP contribution in [0.25, 0.3) is 28.2 Å². The first kappa shape index (κ1) is 18.2. The molecule has 0 atom stereocenters. The topological polar surface area (TPSA) is 105 Å². The molecule has 0 radical (unpaired) electrons. The van der Waals surface area contributed by atoms with E-state index >= 15 is 0 Å². The zero-order chi connectivity index (χ0) is 19.6. The fourth-order valence-corrected chi connectivity index (χ4v) is 2.30. The quantitative estimate of drug-likeness (QED) is 0.555. The first-order chi connectivity index (χ1) is 12.8. The van der Waals surface area contributed by atoms with E-state index in [0.29, 0.717) is 0 Å². The average Bonchev–Trinajstić information content (AvgIpc) is 3.27. The number of hydrogen-bond donors (Lipinski definition) is 2. The second-order valence-electron chi connectivity index (χ2n) is 5.22. The fourth-order valence-electron chi connectivity index (χ4n) is 2.30. The molecule has 8 nitrogen and oxygen atoms in total. The number of ether oxygens (including phenoxy) is 1. The van der Waals surface area contributed by atoms with E-state index in [1.807, 2.05) is 40.9 Å². The van der Waals surface area contributed by atoms with Crippen LogP contribution in [0.1, 0.15) is 0 Å². The highest BCUT2D eigenvalue weighted by Crippen LogP contribution is 2.24. The number of rotatable bonds is 2. The summed E-state index contributed by atoms with van der Waals surface area (Å²) < 4.78 is 38.9. The van der Waals surface area contributed by atoms with Gasteiger partial charge < -0.3 is 14.8 Å². The summed E-state index contributed by atoms with van der Waals surface area (Å²) in [5.41, 5.74) is 3.47. The summed E-state index contributed by atoms with van der Waals surface area (Å²) in [7, 11) is 1.65. The molecule has 140 valence electrons. The van der Waals surface area contributed by atoms with Crippen LogP contribution in [-0.2, 0) is 4.79 Å². The van der Waals surface area contributed by atoms with Gasteiger partial charge in [0.05, 0.1) is 18.8 Å². The van der Waals surface area contributed by atoms with Crippen molar-refractivity contribution in [2.75, 3.05) is 7.11 Å². The van der Waals surface area contributed by atoms with Crippen molar-refractivity contribution in [3.05, 3.63) is 42.7 Å². The molecule has 0 unspecified atom stereocenters. The van der Waals surface area contributed by atoms with Crippen LogP contribution in [0.4, 0.5) is 13.2 Å². The Morgan fingerprint density at radius 3 is 2.44 bits per heavy atom. The lowest BCUT2D eigenvalue weighted by Crippen LogP contribution is -2.21. The Balaban J connectivity index is 0.000000260. The molecule has 0 bridgehead atoms. The van der Waals surface area contributed by atoms with Gasteiger partial charge in [-0.15, -0.1) is 10.2 Å². The monoisotopic (exact) mass is 379 g/mol. The number of nitrogens with zero attached hydrogens (tertiary/aromatic N) is 4. The standard InChI is InChI=1S/C14H11N5O.C2HF3O2/c1-20-10-4-2-9(3-5-10)14-18-17-12-8-16-13-11(19(12)14)6-7-15-13;3-2(4,5)1(6)7/h2-8,15H,1H3;(H,6,7). The largest absolute Gasteiger partial charge is 0.497 e. The summed E-state index contributed by atoms with van der Waals surface area (Å²) in [6.45, 7) is 0. The third-order valence-electron chi connectivity index (χ3n) is 3.53. The summed E-state index contributed by atoms with van der Waals surface area (Å²) >= 11 is 0. The van der Waals surface area contributed by atoms with Gasteiger partial charge in [-0.1, -0.05) is 0 Å². The number of carboxylic acid groups (broad SMARTS) is 1. The second kappa shape index (κ2) is 6.94. The Hall–Kier alpha value is -3.63. The Labute approximate surface area is 149 Å². The lowest BCUT2D eigenvalue weighted by Gasteiger charge is -2.03. The summed E-state index contributed by atoms with van der Waals surface area (Å²) in [5.74, 6) is -1.15. The predicted molar refractivity (Wildman–Crippen MR) is 88.3 cm³/mol. The number of nitrogens with one attached hydrogen (secondary N) is 1. The summed E-state index contributed by atoms with van der Waals surface area (Å²) in [6, 6.07) is 9.71. The average molecular weight is 379 g/mol. The molecule has 0 aliphatic heterocycles. The molecule has 2 N–H and O–H groups in total. The highest BCUT2D eigenvalue weighted by molar-refractivity contribution is 5.77. The van der Waals surface area contributed by atoms with Gasteiger partial charge in [-0.2, -0.15) is 13.2 Å². The van der Waals surface area contributed by atoms with Crippen molar-refractivity contribution in [2.45, 2.75) is 6.18 Å². The molecule has 0 saturated heterocycles. The molecule has 3 heterocycles. The Morgan fingerprint density at radius 1 is 1.19 bits per heavy atom. The number of aromatic amines is 1. The normalized spacial score (nSPS) is 11.3. The van der Waals surface area contributed by atoms with Gasteiger partial charge in [0.1, 0.15) is 5.75 Å². The van der Waals surface area contributed by atoms with E-state index in [0.717, 1.165) is 33.9 Å². The first-order valence-corrected chi connectivity index (χ1v) is 7.43. The number of carbonyl (C=O) groups is 1. The zero-order valence-electron chi connectivity index (χ0n) is 13.7. The number of aliphatic carboxylic acids is 1. The molecule has 4 aromatic rings. The number of methoxy groups -OCH3 is 1. The Kier molecular flexibility index (Phi) is 4.67. The van der Waals surface area contributed by atoms with E-state index in [4.69, 9.17) is 14.6 Å². The molecule has 27 heavy (non-hydrogen) atoms. The molecule has 1 aromatic carbocycles. The van der Waals surface area contributed by atoms with E-state index in [-0.39, 0.29) is 0 Å². The fraction of sp³-hybridized carbons (Fsp3) is 0.125. The maximum atomic E-state index is 10.6. The third-order valence-corrected chi connectivity index (χ3v) is 3.53. The lowest BCUT2D eigenvalue weighted by molar-refractivity contribution is -0.192. The van der Waals surface area contributed by atoms with E-state index in [1.54, 1.807) is 13.3 Å². The minimum absolute atomic E-state index is 0.725. The van der Waals surface area contributed by atoms with Crippen molar-refractivity contribution in [3.63, 3.8) is 0 Å². The molecule has 0 saturated carbocycles. The number of carboxylic acids is 1. The lowest BCUT2D eigenvalue weighted by atomic mass is 10.2. The summed E-state index contributed by atoms with van der Waals surface area (Å²) in [6.07, 6.45) is -1.52. The first-order valence-electron chi connectivity index (χ1n) is 7.43. The molecular weight excluding hydrogens is 367 g/mol. The van der Waals surface area contributed by atoms with Gasteiger partial charge in [-0.3, -0.25) is 4.40 Å². The molecule has 0 fully saturated rings. The molecule has 0 amide bonds. The van der Waals surface area contributed by atoms with Gasteiger partial charge in [-0.25, -0.2) is 9.78 Å². The van der Waals surface area contributed by atoms with Crippen LogP contribution in [0.3, 0.4) is 0 Å². The van der Waals surface area contributed by atoms with E-state index in [2.05, 4.69) is 20.2 Å². The van der Waals surface area contributed by atoms with Crippen LogP contribution >= 0.6 is 0 Å². The highest BCUT2D eigenvalue weighted by Gasteiger charge is 2.38. The van der Waals surface area contributed by atoms with Crippen molar-refractivity contribution in [3.8, 4) is 17.1 Å². The molecular formula is C16H12F3N5O3. The summed E-state index contributed by atoms with van der Waals surface area (Å²) in [4.78, 5) is 16.3. The molecule has 0 aliphatic carbocycles. The maximum absolute atomic E-state index is 10.6. The van der Waals surface area contributed by atoms with Crippen LogP contribution in [-0.4, -0.2) is 48.9 Å². The minimum atomic E-state index is -5.08. The smallest absolute Gasteiger partial charge is 0.490 e. The van der Waals surface area contributed by atoms with Gasteiger partial charge in [0.15, 0.2) is 17.1 Å². The number of aromatic nitrogens is 5. The summed E-state index contributed by atoms with van der Waals surface area (Å²) in [5, 5.41) is 15.6. The van der Waals surface area contributed by atoms with Crippen LogP contribution in [0.15, 0.2) is 42.7 Å². The van der Waals surface area contributed by atoms with Crippen molar-refractivity contribution in [1.82, 2.24) is 24.6 Å². The van der Waals surface area contributed by atoms with Crippen molar-refractivity contribution in [2.24, 2.45) is 0 Å². The van der Waals surface area contributed by atoms with E-state index in [1.165, 1.54) is 0 Å². The van der Waals surface area contributed by atoms with Crippen molar-refractivity contribution in [1.29, 1.82) is 0 Å². The van der Waals surface area contributed by atoms with Crippen molar-refractivity contribution < 1.29 is 27.8 Å². The van der Waals surface area contributed by atoms with Crippen LogP contribution in [0, 0.1) is 0 Å². The number of benzene rings is 1. The SMILES string of the molecule is COc1ccc(-c2nnc3cnc4[nH]ccc4n23)cc1.O=C(O)C(F)(F)F. The Morgan fingerprint density at radius 2 is 1.85 bits per heavy atom. The van der Waals surface area contributed by atoms with Gasteiger partial charge >= 0.3 is 12.1 Å². The van der Waals surface area contributed by atoms with Gasteiger partial charge in [0, 0.05) is 11.8 Å². The number of H-pyrrole nitrogens is 1. The number of fused-ring (bicyclic) bond motifs is 3. The van der Waals surface area contributed by atoms with E-state index in [9.17, 15) is 13.2 Å². The molecule has 11 heteroatoms. The second-order valence-corrected chi connectivity index (χ2v) is 5.22.